The van der Waals surface area contributed by atoms with E-state index in [0.717, 1.165) is 32.1 Å². The Morgan fingerprint density at radius 1 is 0.441 bits per heavy atom. The highest BCUT2D eigenvalue weighted by Crippen LogP contribution is 2.43. The molecule has 0 aromatic rings. The molecule has 352 valence electrons. The van der Waals surface area contributed by atoms with Gasteiger partial charge in [-0.25, -0.2) is 4.57 Å². The Labute approximate surface area is 365 Å². The lowest BCUT2D eigenvalue weighted by atomic mass is 10.0. The number of phosphoric acid groups is 1. The van der Waals surface area contributed by atoms with Gasteiger partial charge in [-0.1, -0.05) is 245 Å². The maximum Gasteiger partial charge on any atom is 0.472 e. The number of hydrogen-bond acceptors (Lipinski definition) is 8. The average Bonchev–Trinajstić information content (AvgIpc) is 3.22. The van der Waals surface area contributed by atoms with Gasteiger partial charge in [-0.3, -0.25) is 18.6 Å². The van der Waals surface area contributed by atoms with Crippen LogP contribution in [0.15, 0.2) is 0 Å². The lowest BCUT2D eigenvalue weighted by molar-refractivity contribution is -0.161. The highest BCUT2D eigenvalue weighted by molar-refractivity contribution is 7.47. The molecule has 0 radical (unpaired) electrons. The number of esters is 2. The zero-order valence-electron chi connectivity index (χ0n) is 39.0. The Hall–Kier alpha value is -0.990. The Morgan fingerprint density at radius 2 is 0.729 bits per heavy atom. The van der Waals surface area contributed by atoms with Crippen molar-refractivity contribution in [3.05, 3.63) is 0 Å². The highest BCUT2D eigenvalue weighted by atomic mass is 31.2. The second-order valence-corrected chi connectivity index (χ2v) is 18.9. The van der Waals surface area contributed by atoms with Gasteiger partial charge in [0.2, 0.25) is 0 Å². The first-order valence-corrected chi connectivity index (χ1v) is 27.0. The molecule has 3 N–H and O–H groups in total. The number of phosphoric ester groups is 1. The summed E-state index contributed by atoms with van der Waals surface area (Å²) >= 11 is 0. The van der Waals surface area contributed by atoms with Gasteiger partial charge in [0.25, 0.3) is 0 Å². The molecule has 0 aliphatic heterocycles. The Balaban J connectivity index is 3.99. The largest absolute Gasteiger partial charge is 0.472 e. The molecular weight excluding hydrogens is 762 g/mol. The van der Waals surface area contributed by atoms with Crippen LogP contribution in [0.3, 0.4) is 0 Å². The standard InChI is InChI=1S/C49H98NO8P/c1-3-5-7-9-11-13-15-17-19-21-23-24-26-27-29-31-33-35-37-39-41-48(51)55-45-47(46-57-59(53,54)56-44-43-50)58-49(52)42-40-38-36-34-32-30-28-25-22-20-18-16-14-12-10-8-6-4-2/h47H,3-46,50H2,1-2H3,(H,53,54)/t47-/m1/s1. The van der Waals surface area contributed by atoms with Crippen LogP contribution in [0.1, 0.15) is 271 Å². The topological polar surface area (TPSA) is 134 Å². The zero-order chi connectivity index (χ0) is 43.2. The smallest absolute Gasteiger partial charge is 0.462 e. The summed E-state index contributed by atoms with van der Waals surface area (Å²) in [7, 11) is -4.37. The summed E-state index contributed by atoms with van der Waals surface area (Å²) in [5.41, 5.74) is 5.37. The summed E-state index contributed by atoms with van der Waals surface area (Å²) < 4.78 is 32.9. The van der Waals surface area contributed by atoms with Crippen molar-refractivity contribution in [2.75, 3.05) is 26.4 Å². The minimum absolute atomic E-state index is 0.0584. The lowest BCUT2D eigenvalue weighted by Crippen LogP contribution is -2.29. The van der Waals surface area contributed by atoms with Crippen LogP contribution in [0.4, 0.5) is 0 Å². The molecule has 0 rings (SSSR count). The maximum absolute atomic E-state index is 12.6. The van der Waals surface area contributed by atoms with E-state index in [1.54, 1.807) is 0 Å². The molecule has 0 bridgehead atoms. The monoisotopic (exact) mass is 860 g/mol. The fourth-order valence-corrected chi connectivity index (χ4v) is 8.46. The van der Waals surface area contributed by atoms with Crippen molar-refractivity contribution in [2.24, 2.45) is 5.73 Å². The molecule has 0 fully saturated rings. The van der Waals surface area contributed by atoms with E-state index in [4.69, 9.17) is 24.3 Å². The zero-order valence-corrected chi connectivity index (χ0v) is 39.9. The van der Waals surface area contributed by atoms with Gasteiger partial charge in [-0.05, 0) is 12.8 Å². The van der Waals surface area contributed by atoms with Crippen LogP contribution in [0, 0.1) is 0 Å². The number of carbonyl (C=O) groups is 2. The average molecular weight is 860 g/mol. The SMILES string of the molecule is CCCCCCCCCCCCCCCCCCCCCCC(=O)OC[C@H](COP(=O)(O)OCCN)OC(=O)CCCCCCCCCCCCCCCCCCCC. The van der Waals surface area contributed by atoms with Crippen molar-refractivity contribution < 1.29 is 37.6 Å². The molecule has 0 aliphatic carbocycles. The van der Waals surface area contributed by atoms with Crippen LogP contribution in [0.2, 0.25) is 0 Å². The summed E-state index contributed by atoms with van der Waals surface area (Å²) in [6.45, 7) is 3.80. The van der Waals surface area contributed by atoms with E-state index in [9.17, 15) is 19.0 Å². The molecule has 9 nitrogen and oxygen atoms in total. The first-order chi connectivity index (χ1) is 28.8. The predicted molar refractivity (Wildman–Crippen MR) is 248 cm³/mol. The van der Waals surface area contributed by atoms with Gasteiger partial charge in [-0.2, -0.15) is 0 Å². The van der Waals surface area contributed by atoms with E-state index >= 15 is 0 Å². The van der Waals surface area contributed by atoms with E-state index < -0.39 is 26.5 Å². The van der Waals surface area contributed by atoms with E-state index in [1.165, 1.54) is 205 Å². The second-order valence-electron chi connectivity index (χ2n) is 17.4. The Bertz CT molecular complexity index is 938. The van der Waals surface area contributed by atoms with Gasteiger partial charge in [0, 0.05) is 19.4 Å². The lowest BCUT2D eigenvalue weighted by Gasteiger charge is -2.19. The molecule has 0 amide bonds. The van der Waals surface area contributed by atoms with Crippen LogP contribution >= 0.6 is 7.82 Å². The molecule has 0 saturated carbocycles. The van der Waals surface area contributed by atoms with Gasteiger partial charge in [0.05, 0.1) is 13.2 Å². The van der Waals surface area contributed by atoms with Gasteiger partial charge in [0.1, 0.15) is 6.61 Å². The predicted octanol–water partition coefficient (Wildman–Crippen LogP) is 15.2. The molecule has 0 saturated heterocycles. The number of carbonyl (C=O) groups excluding carboxylic acids is 2. The van der Waals surface area contributed by atoms with Gasteiger partial charge in [-0.15, -0.1) is 0 Å². The number of unbranched alkanes of at least 4 members (excludes halogenated alkanes) is 36. The quantitative estimate of drug-likeness (QED) is 0.0348. The van der Waals surface area contributed by atoms with Crippen LogP contribution < -0.4 is 5.73 Å². The molecule has 0 aliphatic rings. The minimum Gasteiger partial charge on any atom is -0.462 e. The third kappa shape index (κ3) is 46.3. The van der Waals surface area contributed by atoms with E-state index in [-0.39, 0.29) is 38.6 Å². The highest BCUT2D eigenvalue weighted by Gasteiger charge is 2.26. The summed E-state index contributed by atoms with van der Waals surface area (Å²) in [6, 6.07) is 0. The normalized spacial score (nSPS) is 13.1. The van der Waals surface area contributed by atoms with E-state index in [1.807, 2.05) is 0 Å². The fourth-order valence-electron chi connectivity index (χ4n) is 7.70. The molecule has 59 heavy (non-hydrogen) atoms. The number of rotatable bonds is 49. The maximum atomic E-state index is 12.6. The van der Waals surface area contributed by atoms with Gasteiger partial charge in [0.15, 0.2) is 6.10 Å². The van der Waals surface area contributed by atoms with Crippen molar-refractivity contribution in [3.8, 4) is 0 Å². The second kappa shape index (κ2) is 46.5. The van der Waals surface area contributed by atoms with Crippen molar-refractivity contribution in [2.45, 2.75) is 277 Å². The third-order valence-electron chi connectivity index (χ3n) is 11.5. The van der Waals surface area contributed by atoms with E-state index in [2.05, 4.69) is 13.8 Å². The number of hydrogen-bond donors (Lipinski definition) is 2. The molecule has 0 aromatic carbocycles. The van der Waals surface area contributed by atoms with Gasteiger partial charge >= 0.3 is 19.8 Å². The van der Waals surface area contributed by atoms with Crippen LogP contribution in [0.25, 0.3) is 0 Å². The Kier molecular flexibility index (Phi) is 45.7. The minimum atomic E-state index is -4.37. The number of nitrogens with two attached hydrogens (primary N) is 1. The van der Waals surface area contributed by atoms with Crippen LogP contribution in [-0.4, -0.2) is 49.3 Å². The molecule has 10 heteroatoms. The van der Waals surface area contributed by atoms with Crippen molar-refractivity contribution in [3.63, 3.8) is 0 Å². The van der Waals surface area contributed by atoms with Crippen LogP contribution in [-0.2, 0) is 32.7 Å². The Morgan fingerprint density at radius 3 is 1.03 bits per heavy atom. The third-order valence-corrected chi connectivity index (χ3v) is 12.5. The molecular formula is C49H98NO8P. The summed E-state index contributed by atoms with van der Waals surface area (Å²) in [5.74, 6) is -0.806. The summed E-state index contributed by atoms with van der Waals surface area (Å²) in [6.07, 6.45) is 48.5. The molecule has 0 heterocycles. The van der Waals surface area contributed by atoms with E-state index in [0.29, 0.717) is 6.42 Å². The molecule has 1 unspecified atom stereocenters. The number of ether oxygens (including phenoxy) is 2. The first-order valence-electron chi connectivity index (χ1n) is 25.5. The van der Waals surface area contributed by atoms with Crippen LogP contribution in [0.5, 0.6) is 0 Å². The van der Waals surface area contributed by atoms with Crippen molar-refractivity contribution in [1.29, 1.82) is 0 Å². The first kappa shape index (κ1) is 58.0. The molecule has 0 spiro atoms. The summed E-state index contributed by atoms with van der Waals surface area (Å²) in [5, 5.41) is 0. The fraction of sp³-hybridized carbons (Fsp3) is 0.959. The van der Waals surface area contributed by atoms with Crippen molar-refractivity contribution in [1.82, 2.24) is 0 Å². The summed E-state index contributed by atoms with van der Waals surface area (Å²) in [4.78, 5) is 35.0. The molecule has 0 aromatic heterocycles. The van der Waals surface area contributed by atoms with Crippen molar-refractivity contribution >= 4 is 19.8 Å². The molecule has 2 atom stereocenters. The van der Waals surface area contributed by atoms with Gasteiger partial charge < -0.3 is 20.1 Å².